The van der Waals surface area contributed by atoms with Gasteiger partial charge in [-0.05, 0) is 38.5 Å². The van der Waals surface area contributed by atoms with E-state index < -0.39 is 0 Å². The largest absolute Gasteiger partial charge is 0.338 e. The van der Waals surface area contributed by atoms with Gasteiger partial charge in [0.2, 0.25) is 0 Å². The molecule has 1 heterocycles. The molecule has 0 aliphatic heterocycles. The molecule has 1 unspecified atom stereocenters. The average Bonchev–Trinajstić information content (AvgIpc) is 2.70. The molecule has 0 saturated heterocycles. The van der Waals surface area contributed by atoms with Crippen molar-refractivity contribution in [1.29, 1.82) is 0 Å². The van der Waals surface area contributed by atoms with Crippen molar-refractivity contribution in [1.82, 2.24) is 4.57 Å². The minimum absolute atomic E-state index is 0.168. The fourth-order valence-electron chi connectivity index (χ4n) is 2.58. The van der Waals surface area contributed by atoms with Gasteiger partial charge in [0.1, 0.15) is 0 Å². The van der Waals surface area contributed by atoms with Crippen LogP contribution in [0.5, 0.6) is 0 Å². The molecule has 2 nitrogen and oxygen atoms in total. The van der Waals surface area contributed by atoms with Crippen molar-refractivity contribution in [2.45, 2.75) is 26.3 Å². The zero-order chi connectivity index (χ0) is 12.5. The Morgan fingerprint density at radius 1 is 1.00 bits per heavy atom. The lowest BCUT2D eigenvalue weighted by Crippen LogP contribution is -2.40. The lowest BCUT2D eigenvalue weighted by Gasteiger charge is -2.34. The van der Waals surface area contributed by atoms with E-state index in [4.69, 9.17) is 5.73 Å². The molecule has 0 spiro atoms. The van der Waals surface area contributed by atoms with Gasteiger partial charge in [-0.1, -0.05) is 30.3 Å². The Labute approximate surface area is 103 Å². The van der Waals surface area contributed by atoms with Gasteiger partial charge in [-0.3, -0.25) is 0 Å². The van der Waals surface area contributed by atoms with E-state index in [1.165, 1.54) is 17.0 Å². The molecule has 2 rings (SSSR count). The lowest BCUT2D eigenvalue weighted by atomic mass is 9.91. The van der Waals surface area contributed by atoms with Gasteiger partial charge in [0, 0.05) is 17.9 Å². The highest BCUT2D eigenvalue weighted by Crippen LogP contribution is 2.28. The molecule has 1 atom stereocenters. The lowest BCUT2D eigenvalue weighted by molar-refractivity contribution is 0.390. The van der Waals surface area contributed by atoms with Crippen LogP contribution in [0.2, 0.25) is 0 Å². The summed E-state index contributed by atoms with van der Waals surface area (Å²) in [5, 5.41) is 0. The number of benzene rings is 1. The second-order valence-electron chi connectivity index (χ2n) is 4.80. The summed E-state index contributed by atoms with van der Waals surface area (Å²) in [4.78, 5) is 0. The van der Waals surface area contributed by atoms with Gasteiger partial charge < -0.3 is 10.3 Å². The summed E-state index contributed by atoms with van der Waals surface area (Å²) in [6.45, 7) is 7.05. The van der Waals surface area contributed by atoms with Crippen LogP contribution in [0.4, 0.5) is 0 Å². The summed E-state index contributed by atoms with van der Waals surface area (Å²) in [7, 11) is 0. The Morgan fingerprint density at radius 2 is 1.53 bits per heavy atom. The Kier molecular flexibility index (Phi) is 3.07. The van der Waals surface area contributed by atoms with Crippen LogP contribution in [-0.2, 0) is 5.54 Å². The third-order valence-corrected chi connectivity index (χ3v) is 3.56. The molecule has 90 valence electrons. The first-order valence-corrected chi connectivity index (χ1v) is 6.00. The zero-order valence-electron chi connectivity index (χ0n) is 10.8. The van der Waals surface area contributed by atoms with Crippen LogP contribution in [0.25, 0.3) is 0 Å². The quantitative estimate of drug-likeness (QED) is 0.860. The van der Waals surface area contributed by atoms with Crippen molar-refractivity contribution in [3.8, 4) is 0 Å². The maximum absolute atomic E-state index is 6.05. The normalized spacial score (nSPS) is 14.6. The SMILES string of the molecule is Cc1ccc(C)n1C(C)(CN)c1ccccc1. The van der Waals surface area contributed by atoms with E-state index in [9.17, 15) is 0 Å². The summed E-state index contributed by atoms with van der Waals surface area (Å²) in [5.74, 6) is 0. The molecule has 0 amide bonds. The zero-order valence-corrected chi connectivity index (χ0v) is 10.8. The third-order valence-electron chi connectivity index (χ3n) is 3.56. The monoisotopic (exact) mass is 228 g/mol. The summed E-state index contributed by atoms with van der Waals surface area (Å²) in [6.07, 6.45) is 0. The molecule has 0 aliphatic carbocycles. The summed E-state index contributed by atoms with van der Waals surface area (Å²) in [6, 6.07) is 14.8. The van der Waals surface area contributed by atoms with E-state index in [1.807, 2.05) is 6.07 Å². The van der Waals surface area contributed by atoms with Crippen LogP contribution in [0.3, 0.4) is 0 Å². The minimum atomic E-state index is -0.168. The van der Waals surface area contributed by atoms with Gasteiger partial charge in [-0.25, -0.2) is 0 Å². The molecular formula is C15H20N2. The molecule has 2 heteroatoms. The molecule has 0 saturated carbocycles. The predicted molar refractivity (Wildman–Crippen MR) is 72.2 cm³/mol. The number of hydrogen-bond acceptors (Lipinski definition) is 1. The number of nitrogens with two attached hydrogens (primary N) is 1. The fourth-order valence-corrected chi connectivity index (χ4v) is 2.58. The second-order valence-corrected chi connectivity index (χ2v) is 4.80. The molecule has 2 aromatic rings. The summed E-state index contributed by atoms with van der Waals surface area (Å²) >= 11 is 0. The van der Waals surface area contributed by atoms with Gasteiger partial charge in [-0.2, -0.15) is 0 Å². The standard InChI is InChI=1S/C15H20N2/c1-12-9-10-13(2)17(12)15(3,11-16)14-7-5-4-6-8-14/h4-10H,11,16H2,1-3H3. The predicted octanol–water partition coefficient (Wildman–Crippen LogP) is 2.83. The number of aryl methyl sites for hydroxylation is 2. The Bertz CT molecular complexity index is 479. The molecule has 1 aromatic heterocycles. The first-order valence-electron chi connectivity index (χ1n) is 6.00. The van der Waals surface area contributed by atoms with Crippen LogP contribution in [0.15, 0.2) is 42.5 Å². The van der Waals surface area contributed by atoms with Crippen LogP contribution >= 0.6 is 0 Å². The molecule has 17 heavy (non-hydrogen) atoms. The fraction of sp³-hybridized carbons (Fsp3) is 0.333. The van der Waals surface area contributed by atoms with E-state index in [0.29, 0.717) is 6.54 Å². The first kappa shape index (κ1) is 11.9. The van der Waals surface area contributed by atoms with Gasteiger partial charge in [0.05, 0.1) is 5.54 Å². The van der Waals surface area contributed by atoms with Crippen LogP contribution in [0, 0.1) is 13.8 Å². The van der Waals surface area contributed by atoms with E-state index in [2.05, 4.69) is 61.7 Å². The van der Waals surface area contributed by atoms with E-state index in [1.54, 1.807) is 0 Å². The maximum Gasteiger partial charge on any atom is 0.0789 e. The smallest absolute Gasteiger partial charge is 0.0789 e. The Balaban J connectivity index is 2.60. The molecule has 0 radical (unpaired) electrons. The molecule has 0 fully saturated rings. The summed E-state index contributed by atoms with van der Waals surface area (Å²) < 4.78 is 2.32. The molecule has 0 aliphatic rings. The Hall–Kier alpha value is -1.54. The number of hydrogen-bond donors (Lipinski definition) is 1. The van der Waals surface area contributed by atoms with E-state index in [-0.39, 0.29) is 5.54 Å². The topological polar surface area (TPSA) is 30.9 Å². The maximum atomic E-state index is 6.05. The van der Waals surface area contributed by atoms with E-state index >= 15 is 0 Å². The second kappa shape index (κ2) is 4.38. The average molecular weight is 228 g/mol. The molecule has 1 aromatic carbocycles. The highest BCUT2D eigenvalue weighted by atomic mass is 15.1. The van der Waals surface area contributed by atoms with Crippen molar-refractivity contribution in [2.75, 3.05) is 6.54 Å². The number of aromatic nitrogens is 1. The summed E-state index contributed by atoms with van der Waals surface area (Å²) in [5.41, 5.74) is 9.63. The van der Waals surface area contributed by atoms with Crippen molar-refractivity contribution in [3.63, 3.8) is 0 Å². The van der Waals surface area contributed by atoms with E-state index in [0.717, 1.165) is 0 Å². The van der Waals surface area contributed by atoms with Gasteiger partial charge >= 0.3 is 0 Å². The highest BCUT2D eigenvalue weighted by molar-refractivity contribution is 5.30. The van der Waals surface area contributed by atoms with Crippen molar-refractivity contribution >= 4 is 0 Å². The van der Waals surface area contributed by atoms with Gasteiger partial charge in [-0.15, -0.1) is 0 Å². The van der Waals surface area contributed by atoms with Crippen LogP contribution in [-0.4, -0.2) is 11.1 Å². The highest BCUT2D eigenvalue weighted by Gasteiger charge is 2.28. The molecule has 2 N–H and O–H groups in total. The molecular weight excluding hydrogens is 208 g/mol. The van der Waals surface area contributed by atoms with Crippen molar-refractivity contribution in [3.05, 3.63) is 59.4 Å². The molecule has 0 bridgehead atoms. The Morgan fingerprint density at radius 3 is 2.00 bits per heavy atom. The van der Waals surface area contributed by atoms with Crippen molar-refractivity contribution in [2.24, 2.45) is 5.73 Å². The van der Waals surface area contributed by atoms with Crippen LogP contribution < -0.4 is 5.73 Å². The van der Waals surface area contributed by atoms with Crippen molar-refractivity contribution < 1.29 is 0 Å². The van der Waals surface area contributed by atoms with Gasteiger partial charge in [0.25, 0.3) is 0 Å². The number of nitrogens with zero attached hydrogens (tertiary/aromatic N) is 1. The first-order chi connectivity index (χ1) is 8.09. The number of rotatable bonds is 3. The minimum Gasteiger partial charge on any atom is -0.338 e. The van der Waals surface area contributed by atoms with Gasteiger partial charge in [0.15, 0.2) is 0 Å². The third kappa shape index (κ3) is 1.89. The van der Waals surface area contributed by atoms with Crippen LogP contribution in [0.1, 0.15) is 23.9 Å².